The van der Waals surface area contributed by atoms with Crippen LogP contribution in [0, 0.1) is 0 Å². The van der Waals surface area contributed by atoms with E-state index in [1.165, 1.54) is 4.57 Å². The third-order valence-corrected chi connectivity index (χ3v) is 24.6. The quantitative estimate of drug-likeness (QED) is 0.114. The molecule has 0 atom stereocenters. The van der Waals surface area contributed by atoms with Crippen LogP contribution in [0.2, 0.25) is 0 Å². The van der Waals surface area contributed by atoms with E-state index in [0.717, 1.165) is 53.7 Å². The molecular weight excluding hydrogens is 1770 g/mol. The van der Waals surface area contributed by atoms with Crippen LogP contribution in [0.5, 0.6) is 0 Å². The van der Waals surface area contributed by atoms with Crippen molar-refractivity contribution in [2.24, 2.45) is 0 Å². The summed E-state index contributed by atoms with van der Waals surface area (Å²) in [6.45, 7) is 0. The molecule has 9 heterocycles. The average Bonchev–Trinajstić information content (AvgIpc) is 1.51. The highest BCUT2D eigenvalue weighted by Crippen LogP contribution is 2.48. The van der Waals surface area contributed by atoms with Crippen molar-refractivity contribution in [1.29, 1.82) is 0 Å². The van der Waals surface area contributed by atoms with Crippen LogP contribution < -0.4 is 0 Å². The normalized spacial score (nSPS) is 15.8. The molecule has 0 radical (unpaired) electrons. The number of nitrogens with zero attached hydrogens (tertiary/aromatic N) is 12. The number of hydrogen-bond acceptors (Lipinski definition) is 12. The van der Waals surface area contributed by atoms with Gasteiger partial charge in [0.2, 0.25) is 0 Å². The van der Waals surface area contributed by atoms with Gasteiger partial charge >= 0.3 is 0 Å². The van der Waals surface area contributed by atoms with Crippen LogP contribution in [0.15, 0.2) is 485 Å². The van der Waals surface area contributed by atoms with E-state index in [-0.39, 0.29) is 113 Å². The second-order valence-electron chi connectivity index (χ2n) is 32.9. The fraction of sp³-hybridized carbons (Fsp3) is 0. The second-order valence-corrected chi connectivity index (χ2v) is 32.9. The van der Waals surface area contributed by atoms with Crippen molar-refractivity contribution in [3.8, 4) is 120 Å². The minimum absolute atomic E-state index is 0.00680. The van der Waals surface area contributed by atoms with Gasteiger partial charge in [0.05, 0.1) is 108 Å². The van der Waals surface area contributed by atoms with Gasteiger partial charge in [-0.25, -0.2) is 44.9 Å². The van der Waals surface area contributed by atoms with Gasteiger partial charge < -0.3 is 27.0 Å². The van der Waals surface area contributed by atoms with Gasteiger partial charge in [-0.15, -0.1) is 0 Å². The van der Waals surface area contributed by atoms with Crippen LogP contribution in [-0.4, -0.2) is 58.6 Å². The summed E-state index contributed by atoms with van der Waals surface area (Å²) < 4.78 is 397. The summed E-state index contributed by atoms with van der Waals surface area (Å²) in [5.74, 6) is -0.698. The first-order valence-electron chi connectivity index (χ1n) is 65.7. The number of aromatic nitrogens is 12. The van der Waals surface area contributed by atoms with E-state index in [2.05, 4.69) is 33.2 Å². The first-order chi connectivity index (χ1) is 88.9. The zero-order valence-corrected chi connectivity index (χ0v) is 73.9. The minimum atomic E-state index is -1.02. The third kappa shape index (κ3) is 14.2. The fourth-order valence-electron chi connectivity index (χ4n) is 18.3. The molecule has 15 nitrogen and oxygen atoms in total. The molecule has 0 unspecified atom stereocenters. The third-order valence-electron chi connectivity index (χ3n) is 24.6. The predicted octanol–water partition coefficient (Wildman–Crippen LogP) is 33.1. The van der Waals surface area contributed by atoms with Crippen LogP contribution in [0.1, 0.15) is 57.6 Å². The molecule has 0 saturated carbocycles. The summed E-state index contributed by atoms with van der Waals surface area (Å²) in [6, 6.07) is 39.2. The Labute approximate surface area is 881 Å². The van der Waals surface area contributed by atoms with Crippen molar-refractivity contribution in [3.63, 3.8) is 0 Å². The first-order valence-corrected chi connectivity index (χ1v) is 44.7. The highest BCUT2D eigenvalue weighted by Gasteiger charge is 2.28. The number of benzene rings is 21. The van der Waals surface area contributed by atoms with Gasteiger partial charge in [0.25, 0.3) is 0 Å². The van der Waals surface area contributed by atoms with E-state index in [1.54, 1.807) is 12.1 Å². The molecule has 672 valence electrons. The van der Waals surface area contributed by atoms with Crippen molar-refractivity contribution in [2.45, 2.75) is 0 Å². The molecule has 15 heteroatoms. The van der Waals surface area contributed by atoms with Crippen molar-refractivity contribution < 1.29 is 70.8 Å². The molecule has 9 aromatic heterocycles. The number of rotatable bonds is 12. The van der Waals surface area contributed by atoms with Crippen LogP contribution in [0.3, 0.4) is 0 Å². The van der Waals surface area contributed by atoms with Gasteiger partial charge in [-0.2, -0.15) is 0 Å². The lowest BCUT2D eigenvalue weighted by molar-refractivity contribution is 0.668. The van der Waals surface area contributed by atoms with E-state index < -0.39 is 318 Å². The largest absolute Gasteiger partial charge is 0.456 e. The molecule has 144 heavy (non-hydrogen) atoms. The van der Waals surface area contributed by atoms with Crippen LogP contribution in [0.25, 0.3) is 283 Å². The second kappa shape index (κ2) is 34.1. The van der Waals surface area contributed by atoms with Gasteiger partial charge in [0, 0.05) is 133 Å². The summed E-state index contributed by atoms with van der Waals surface area (Å²) >= 11 is 0. The predicted molar refractivity (Wildman–Crippen MR) is 586 cm³/mol. The standard InChI is InChI=1S/3C43H26N4O/c3*1-3-13-27(14-4-1)41-44-42(28-15-5-2-6-16-28)46-43(45-41)35-25-31(26-39-40(35)33-20-10-12-22-38(33)48-39)47-36-21-11-9-19-32(36)34-23-29-17-7-8-18-30(29)24-37(34)47/h3*1-26H/i1D,2D,3D,4D,5D,6D,7D,8D,9D,10D,11D,12D,13D,14D,15D,16D,17D,18D,19D,20D,21D,22D,23D,24D,25D,26D;7D,8D,9D,11D,17D,18D,19D,21D,23D,24D;10D,12D,20D,22D,25D,26D. The summed E-state index contributed by atoms with van der Waals surface area (Å²) in [6.07, 6.45) is 0. The lowest BCUT2D eigenvalue weighted by Crippen LogP contribution is -2.01. The molecule has 0 amide bonds. The van der Waals surface area contributed by atoms with Gasteiger partial charge in [-0.3, -0.25) is 0 Å². The molecule has 0 N–H and O–H groups in total. The minimum Gasteiger partial charge on any atom is -0.456 e. The monoisotopic (exact) mass is 1880 g/mol. The SMILES string of the molecule is [2H]c1c([2H])c([2H])c(-c2nc(-c3c([2H])c([2H])c([2H])c([2H])c3[2H])nc(-c3c([2H])c(-n4c5c([2H])c([2H])c([2H])c([2H])c5c5c([2H])c6c([2H])c([2H])c([2H])c([2H])c6c([2H])c54)c([2H])c4oc5c([2H])c([2H])c([2H])c([2H])c5c34)n2)c([2H])c1[2H].[2H]c1c([2H])c([2H])c2c([2H])c3c(c([2H])c2c1[2H])c1c([2H])c([2H])c([2H])c([2H])c1n3-c1cc(-c2nc(-c3ccccc3)nc(-c3ccccc3)n2)c2c(c1)oc1ccccc12.[2H]c1c([2H])c([2H])c2c(oc3c([2H])c(-n4c5ccccc5c5cc6ccccc6cc54)c([2H])c(-c4nc(-c5ccccc5)nc(-c5ccccc5)n4)c32)c1[2H]. The molecule has 21 aromatic carbocycles. The van der Waals surface area contributed by atoms with E-state index >= 15 is 0 Å². The van der Waals surface area contributed by atoms with Crippen molar-refractivity contribution in [3.05, 3.63) is 472 Å². The molecule has 0 saturated heterocycles. The van der Waals surface area contributed by atoms with Gasteiger partial charge in [0.1, 0.15) is 33.5 Å². The Kier molecular flexibility index (Phi) is 12.0. The lowest BCUT2D eigenvalue weighted by atomic mass is 10.0. The summed E-state index contributed by atoms with van der Waals surface area (Å²) in [5.41, 5.74) is 0.582. The van der Waals surface area contributed by atoms with Crippen molar-refractivity contribution in [2.75, 3.05) is 0 Å². The molecule has 0 aliphatic rings. The molecule has 0 spiro atoms. The van der Waals surface area contributed by atoms with E-state index in [0.29, 0.717) is 56.5 Å². The van der Waals surface area contributed by atoms with Crippen LogP contribution in [0.4, 0.5) is 0 Å². The first kappa shape index (κ1) is 50.5. The van der Waals surface area contributed by atoms with E-state index in [9.17, 15) is 13.7 Å². The molecule has 30 rings (SSSR count). The van der Waals surface area contributed by atoms with E-state index in [1.807, 2.05) is 193 Å². The van der Waals surface area contributed by atoms with Crippen molar-refractivity contribution in [1.82, 2.24) is 58.6 Å². The zero-order chi connectivity index (χ0) is 131. The van der Waals surface area contributed by atoms with Crippen LogP contribution in [-0.2, 0) is 0 Å². The molecule has 0 bridgehead atoms. The highest BCUT2D eigenvalue weighted by atomic mass is 16.3. The Morgan fingerprint density at radius 3 is 1.00 bits per heavy atom. The summed E-state index contributed by atoms with van der Waals surface area (Å²) in [5, 5.41) is 1.73. The Hall–Kier alpha value is -19.8. The molecule has 30 aromatic rings. The molecular formula is C129H78N12O3. The maximum Gasteiger partial charge on any atom is 0.164 e. The van der Waals surface area contributed by atoms with Crippen molar-refractivity contribution >= 4 is 164 Å². The number of furan rings is 3. The van der Waals surface area contributed by atoms with Crippen LogP contribution >= 0.6 is 0 Å². The average molecular weight is 1890 g/mol. The Morgan fingerprint density at radius 1 is 0.174 bits per heavy atom. The maximum absolute atomic E-state index is 10.2. The number of para-hydroxylation sites is 6. The lowest BCUT2D eigenvalue weighted by Gasteiger charge is -2.13. The maximum atomic E-state index is 10.2. The van der Waals surface area contributed by atoms with E-state index in [4.69, 9.17) is 87.0 Å². The summed E-state index contributed by atoms with van der Waals surface area (Å²) in [7, 11) is 0. The molecule has 0 fully saturated rings. The summed E-state index contributed by atoms with van der Waals surface area (Å²) in [4.78, 5) is 42.8. The number of hydrogen-bond donors (Lipinski definition) is 0. The fourth-order valence-corrected chi connectivity index (χ4v) is 18.3. The topological polar surface area (TPSA) is 170 Å². The Bertz CT molecular complexity index is 12900. The van der Waals surface area contributed by atoms with Gasteiger partial charge in [0.15, 0.2) is 52.4 Å². The van der Waals surface area contributed by atoms with Gasteiger partial charge in [-0.05, 0) is 123 Å². The smallest absolute Gasteiger partial charge is 0.164 e. The Morgan fingerprint density at radius 2 is 0.521 bits per heavy atom. The Balaban J connectivity index is 0.000000128. The molecule has 0 aliphatic heterocycles. The zero-order valence-electron chi connectivity index (χ0n) is 116. The number of fused-ring (bicyclic) bond motifs is 21. The van der Waals surface area contributed by atoms with Gasteiger partial charge in [-0.1, -0.05) is 363 Å². The highest BCUT2D eigenvalue weighted by molar-refractivity contribution is 6.20. The molecule has 0 aliphatic carbocycles.